The van der Waals surface area contributed by atoms with Gasteiger partial charge in [-0.3, -0.25) is 0 Å². The Labute approximate surface area is 191 Å². The fraction of sp³-hybridized carbons (Fsp3) is 0.708. The molecule has 2 atom stereocenters. The first-order valence-electron chi connectivity index (χ1n) is 12.0. The lowest BCUT2D eigenvalue weighted by Crippen LogP contribution is -2.57. The van der Waals surface area contributed by atoms with E-state index in [2.05, 4.69) is 23.1 Å². The van der Waals surface area contributed by atoms with Crippen molar-refractivity contribution >= 4 is 16.1 Å². The Balaban J connectivity index is 1.30. The van der Waals surface area contributed by atoms with Crippen molar-refractivity contribution in [2.24, 2.45) is 0 Å². The number of piperidine rings is 2. The average molecular weight is 462 g/mol. The SMILES string of the molecule is CCOC(=O)N1C2CCC1CC(N1CCC3(CC1)CN(S(C)(=O)=O)Cc1ccccc13)C2. The zero-order valence-electron chi connectivity index (χ0n) is 19.2. The fourth-order valence-electron chi connectivity index (χ4n) is 6.77. The molecule has 0 aromatic heterocycles. The van der Waals surface area contributed by atoms with E-state index in [0.717, 1.165) is 57.2 Å². The zero-order valence-corrected chi connectivity index (χ0v) is 20.0. The summed E-state index contributed by atoms with van der Waals surface area (Å²) in [6.45, 7) is 5.33. The smallest absolute Gasteiger partial charge is 0.410 e. The van der Waals surface area contributed by atoms with Gasteiger partial charge in [0.1, 0.15) is 0 Å². The number of benzene rings is 1. The van der Waals surface area contributed by atoms with Crippen molar-refractivity contribution in [2.75, 3.05) is 32.5 Å². The maximum absolute atomic E-state index is 12.4. The molecule has 1 amide bonds. The number of likely N-dealkylation sites (tertiary alicyclic amines) is 1. The molecule has 4 aliphatic heterocycles. The molecular weight excluding hydrogens is 426 g/mol. The summed E-state index contributed by atoms with van der Waals surface area (Å²) in [5.74, 6) is 0. The second-order valence-corrected chi connectivity index (χ2v) is 12.1. The van der Waals surface area contributed by atoms with Crippen molar-refractivity contribution in [2.45, 2.75) is 75.5 Å². The van der Waals surface area contributed by atoms with Crippen molar-refractivity contribution in [3.8, 4) is 0 Å². The largest absolute Gasteiger partial charge is 0.450 e. The predicted octanol–water partition coefficient (Wildman–Crippen LogP) is 2.95. The number of amides is 1. The lowest BCUT2D eigenvalue weighted by molar-refractivity contribution is 0.0237. The van der Waals surface area contributed by atoms with Crippen molar-refractivity contribution in [3.05, 3.63) is 35.4 Å². The summed E-state index contributed by atoms with van der Waals surface area (Å²) in [6, 6.07) is 9.49. The molecule has 0 aliphatic carbocycles. The minimum atomic E-state index is -3.23. The Bertz CT molecular complexity index is 959. The molecular formula is C24H35N3O4S. The molecule has 5 rings (SSSR count). The van der Waals surface area contributed by atoms with Crippen molar-refractivity contribution in [1.82, 2.24) is 14.1 Å². The van der Waals surface area contributed by atoms with Gasteiger partial charge in [0.2, 0.25) is 10.0 Å². The summed E-state index contributed by atoms with van der Waals surface area (Å²) < 4.78 is 31.8. The second-order valence-electron chi connectivity index (χ2n) is 10.1. The first-order valence-corrected chi connectivity index (χ1v) is 13.9. The number of ether oxygens (including phenoxy) is 1. The minimum Gasteiger partial charge on any atom is -0.450 e. The van der Waals surface area contributed by atoms with Gasteiger partial charge in [0, 0.05) is 36.6 Å². The third kappa shape index (κ3) is 3.84. The minimum absolute atomic E-state index is 0.0982. The molecule has 1 aromatic carbocycles. The summed E-state index contributed by atoms with van der Waals surface area (Å²) in [4.78, 5) is 17.0. The molecule has 3 fully saturated rings. The Morgan fingerprint density at radius 2 is 1.75 bits per heavy atom. The van der Waals surface area contributed by atoms with Crippen LogP contribution in [0.25, 0.3) is 0 Å². The van der Waals surface area contributed by atoms with Gasteiger partial charge in [-0.15, -0.1) is 0 Å². The van der Waals surface area contributed by atoms with Gasteiger partial charge in [-0.25, -0.2) is 13.2 Å². The van der Waals surface area contributed by atoms with Crippen LogP contribution < -0.4 is 0 Å². The first kappa shape index (κ1) is 22.2. The van der Waals surface area contributed by atoms with Crippen LogP contribution in [0.4, 0.5) is 4.79 Å². The van der Waals surface area contributed by atoms with Crippen LogP contribution in [0, 0.1) is 0 Å². The van der Waals surface area contributed by atoms with Crippen LogP contribution in [0.3, 0.4) is 0 Å². The second kappa shape index (κ2) is 8.29. The van der Waals surface area contributed by atoms with Gasteiger partial charge >= 0.3 is 6.09 Å². The van der Waals surface area contributed by atoms with Gasteiger partial charge in [-0.1, -0.05) is 24.3 Å². The lowest BCUT2D eigenvalue weighted by Gasteiger charge is -2.51. The third-order valence-electron chi connectivity index (χ3n) is 8.34. The van der Waals surface area contributed by atoms with Gasteiger partial charge in [-0.05, 0) is 69.7 Å². The lowest BCUT2D eigenvalue weighted by atomic mass is 9.69. The number of nitrogens with zero attached hydrogens (tertiary/aromatic N) is 3. The summed E-state index contributed by atoms with van der Waals surface area (Å²) >= 11 is 0. The topological polar surface area (TPSA) is 70.2 Å². The molecule has 0 saturated carbocycles. The predicted molar refractivity (Wildman–Crippen MR) is 123 cm³/mol. The van der Waals surface area contributed by atoms with Crippen LogP contribution in [-0.4, -0.2) is 79.2 Å². The summed E-state index contributed by atoms with van der Waals surface area (Å²) in [5, 5.41) is 0. The average Bonchev–Trinajstić information content (AvgIpc) is 3.03. The van der Waals surface area contributed by atoms with E-state index >= 15 is 0 Å². The number of fused-ring (bicyclic) bond motifs is 4. The van der Waals surface area contributed by atoms with Crippen molar-refractivity contribution in [1.29, 1.82) is 0 Å². The quantitative estimate of drug-likeness (QED) is 0.692. The van der Waals surface area contributed by atoms with Crippen LogP contribution in [0.15, 0.2) is 24.3 Å². The standard InChI is InChI=1S/C24H35N3O4S/c1-3-31-23(28)27-19-8-9-20(27)15-21(14-19)25-12-10-24(11-13-25)17-26(32(2,29)30)16-18-6-4-5-7-22(18)24/h4-7,19-21H,3,8-17H2,1-2H3. The number of carbonyl (C=O) groups is 1. The Kier molecular flexibility index (Phi) is 5.75. The molecule has 3 saturated heterocycles. The number of carbonyl (C=O) groups excluding carboxylic acids is 1. The first-order chi connectivity index (χ1) is 15.3. The number of hydrogen-bond acceptors (Lipinski definition) is 5. The van der Waals surface area contributed by atoms with Crippen LogP contribution >= 0.6 is 0 Å². The molecule has 2 bridgehead atoms. The monoisotopic (exact) mass is 461 g/mol. The molecule has 176 valence electrons. The molecule has 7 nitrogen and oxygen atoms in total. The molecule has 4 heterocycles. The maximum Gasteiger partial charge on any atom is 0.410 e. The van der Waals surface area contributed by atoms with Crippen LogP contribution in [-0.2, 0) is 26.7 Å². The molecule has 8 heteroatoms. The number of sulfonamides is 1. The molecule has 1 spiro atoms. The molecule has 32 heavy (non-hydrogen) atoms. The summed E-state index contributed by atoms with van der Waals surface area (Å²) in [6.07, 6.45) is 7.34. The van der Waals surface area contributed by atoms with E-state index in [4.69, 9.17) is 4.74 Å². The number of hydrogen-bond donors (Lipinski definition) is 0. The molecule has 4 aliphatic rings. The molecule has 1 aromatic rings. The normalized spacial score (nSPS) is 30.3. The molecule has 0 radical (unpaired) electrons. The van der Waals surface area contributed by atoms with E-state index in [0.29, 0.717) is 37.8 Å². The van der Waals surface area contributed by atoms with Crippen LogP contribution in [0.5, 0.6) is 0 Å². The Hall–Kier alpha value is -1.64. The summed E-state index contributed by atoms with van der Waals surface area (Å²) in [7, 11) is -3.23. The number of rotatable bonds is 3. The highest BCUT2D eigenvalue weighted by atomic mass is 32.2. The van der Waals surface area contributed by atoms with E-state index < -0.39 is 10.0 Å². The van der Waals surface area contributed by atoms with E-state index in [1.165, 1.54) is 11.8 Å². The van der Waals surface area contributed by atoms with Gasteiger partial charge in [0.05, 0.1) is 12.9 Å². The zero-order chi connectivity index (χ0) is 22.5. The van der Waals surface area contributed by atoms with Crippen LogP contribution in [0.1, 0.15) is 56.6 Å². The fourth-order valence-corrected chi connectivity index (χ4v) is 7.62. The third-order valence-corrected chi connectivity index (χ3v) is 9.54. The van der Waals surface area contributed by atoms with E-state index in [9.17, 15) is 13.2 Å². The van der Waals surface area contributed by atoms with Crippen molar-refractivity contribution in [3.63, 3.8) is 0 Å². The maximum atomic E-state index is 12.4. The van der Waals surface area contributed by atoms with Gasteiger partial charge in [0.25, 0.3) is 0 Å². The van der Waals surface area contributed by atoms with Gasteiger partial charge < -0.3 is 14.5 Å². The van der Waals surface area contributed by atoms with Crippen molar-refractivity contribution < 1.29 is 17.9 Å². The molecule has 0 N–H and O–H groups in total. The van der Waals surface area contributed by atoms with E-state index in [-0.39, 0.29) is 11.5 Å². The highest BCUT2D eigenvalue weighted by Crippen LogP contribution is 2.45. The van der Waals surface area contributed by atoms with Crippen LogP contribution in [0.2, 0.25) is 0 Å². The van der Waals surface area contributed by atoms with Gasteiger partial charge in [0.15, 0.2) is 0 Å². The summed E-state index contributed by atoms with van der Waals surface area (Å²) in [5.41, 5.74) is 2.40. The highest BCUT2D eigenvalue weighted by Gasteiger charge is 2.48. The van der Waals surface area contributed by atoms with E-state index in [1.54, 1.807) is 4.31 Å². The Morgan fingerprint density at radius 3 is 2.38 bits per heavy atom. The Morgan fingerprint density at radius 1 is 1.09 bits per heavy atom. The molecule has 2 unspecified atom stereocenters. The van der Waals surface area contributed by atoms with E-state index in [1.807, 2.05) is 17.9 Å². The van der Waals surface area contributed by atoms with Gasteiger partial charge in [-0.2, -0.15) is 4.31 Å². The highest BCUT2D eigenvalue weighted by molar-refractivity contribution is 7.88.